The number of carbonyl (C=O) groups is 1. The highest BCUT2D eigenvalue weighted by Gasteiger charge is 2.10. The van der Waals surface area contributed by atoms with Crippen molar-refractivity contribution in [2.75, 3.05) is 17.7 Å². The number of halogens is 1. The van der Waals surface area contributed by atoms with Gasteiger partial charge in [0.15, 0.2) is 0 Å². The molecule has 0 saturated heterocycles. The van der Waals surface area contributed by atoms with Crippen LogP contribution in [0, 0.1) is 11.3 Å². The molecule has 20 heavy (non-hydrogen) atoms. The molecule has 6 nitrogen and oxygen atoms in total. The molecular weight excluding hydrogens is 322 g/mol. The molecule has 1 aromatic carbocycles. The highest BCUT2D eigenvalue weighted by molar-refractivity contribution is 9.10. The molecule has 0 aliphatic rings. The number of nitriles is 1. The van der Waals surface area contributed by atoms with Crippen molar-refractivity contribution in [1.82, 2.24) is 9.97 Å². The Balaban J connectivity index is 2.17. The standard InChI is InChI=1S/C13H10BrN5O/c1-16-12-7-17-11(6-18-12)13(20)19-10-3-2-8(5-15)4-9(10)14/h2-4,6-7H,1H3,(H,16,18)(H,19,20). The van der Waals surface area contributed by atoms with Gasteiger partial charge in [0, 0.05) is 11.5 Å². The predicted molar refractivity (Wildman–Crippen MR) is 78.4 cm³/mol. The zero-order valence-corrected chi connectivity index (χ0v) is 12.1. The highest BCUT2D eigenvalue weighted by atomic mass is 79.9. The van der Waals surface area contributed by atoms with E-state index >= 15 is 0 Å². The number of benzene rings is 1. The summed E-state index contributed by atoms with van der Waals surface area (Å²) in [5, 5.41) is 14.3. The van der Waals surface area contributed by atoms with E-state index in [4.69, 9.17) is 5.26 Å². The molecule has 0 fully saturated rings. The van der Waals surface area contributed by atoms with Gasteiger partial charge in [-0.1, -0.05) is 0 Å². The lowest BCUT2D eigenvalue weighted by atomic mass is 10.2. The second kappa shape index (κ2) is 6.12. The molecule has 7 heteroatoms. The SMILES string of the molecule is CNc1cnc(C(=O)Nc2ccc(C#N)cc2Br)cn1. The van der Waals surface area contributed by atoms with E-state index in [0.29, 0.717) is 21.5 Å². The summed E-state index contributed by atoms with van der Waals surface area (Å²) in [6, 6.07) is 6.92. The van der Waals surface area contributed by atoms with Gasteiger partial charge < -0.3 is 10.6 Å². The molecule has 2 aromatic rings. The number of rotatable bonds is 3. The summed E-state index contributed by atoms with van der Waals surface area (Å²) in [5.41, 5.74) is 1.28. The van der Waals surface area contributed by atoms with Gasteiger partial charge in [0.2, 0.25) is 0 Å². The van der Waals surface area contributed by atoms with Crippen LogP contribution < -0.4 is 10.6 Å². The maximum Gasteiger partial charge on any atom is 0.275 e. The molecule has 1 aromatic heterocycles. The lowest BCUT2D eigenvalue weighted by Crippen LogP contribution is -2.14. The number of carbonyl (C=O) groups excluding carboxylic acids is 1. The van der Waals surface area contributed by atoms with Crippen molar-refractivity contribution in [3.63, 3.8) is 0 Å². The van der Waals surface area contributed by atoms with E-state index < -0.39 is 0 Å². The van der Waals surface area contributed by atoms with Crippen molar-refractivity contribution in [2.45, 2.75) is 0 Å². The maximum absolute atomic E-state index is 12.0. The average molecular weight is 332 g/mol. The van der Waals surface area contributed by atoms with Crippen LogP contribution in [-0.2, 0) is 0 Å². The third-order valence-electron chi connectivity index (χ3n) is 2.49. The van der Waals surface area contributed by atoms with Gasteiger partial charge in [0.1, 0.15) is 11.5 Å². The van der Waals surface area contributed by atoms with Crippen LogP contribution in [0.1, 0.15) is 16.1 Å². The lowest BCUT2D eigenvalue weighted by Gasteiger charge is -2.07. The first-order chi connectivity index (χ1) is 9.63. The summed E-state index contributed by atoms with van der Waals surface area (Å²) in [6.45, 7) is 0. The molecule has 0 aliphatic heterocycles. The van der Waals surface area contributed by atoms with E-state index in [2.05, 4.69) is 36.5 Å². The number of aromatic nitrogens is 2. The fraction of sp³-hybridized carbons (Fsp3) is 0.0769. The van der Waals surface area contributed by atoms with Gasteiger partial charge in [-0.2, -0.15) is 5.26 Å². The van der Waals surface area contributed by atoms with Crippen molar-refractivity contribution < 1.29 is 4.79 Å². The van der Waals surface area contributed by atoms with Gasteiger partial charge in [-0.05, 0) is 34.1 Å². The first-order valence-electron chi connectivity index (χ1n) is 5.65. The van der Waals surface area contributed by atoms with Crippen molar-refractivity contribution >= 4 is 33.3 Å². The third-order valence-corrected chi connectivity index (χ3v) is 3.14. The Labute approximate surface area is 124 Å². The second-order valence-corrected chi connectivity index (χ2v) is 4.65. The first-order valence-corrected chi connectivity index (χ1v) is 6.44. The summed E-state index contributed by atoms with van der Waals surface area (Å²) in [7, 11) is 1.72. The molecule has 0 atom stereocenters. The van der Waals surface area contributed by atoms with Crippen molar-refractivity contribution in [3.8, 4) is 6.07 Å². The zero-order chi connectivity index (χ0) is 14.5. The van der Waals surface area contributed by atoms with E-state index in [-0.39, 0.29) is 11.6 Å². The van der Waals surface area contributed by atoms with E-state index in [9.17, 15) is 4.79 Å². The van der Waals surface area contributed by atoms with Gasteiger partial charge in [0.05, 0.1) is 29.7 Å². The molecule has 100 valence electrons. The van der Waals surface area contributed by atoms with Crippen LogP contribution in [0.3, 0.4) is 0 Å². The summed E-state index contributed by atoms with van der Waals surface area (Å²) >= 11 is 3.30. The minimum Gasteiger partial charge on any atom is -0.372 e. The van der Waals surface area contributed by atoms with Crippen LogP contribution >= 0.6 is 15.9 Å². The largest absolute Gasteiger partial charge is 0.372 e. The Morgan fingerprint density at radius 1 is 1.35 bits per heavy atom. The summed E-state index contributed by atoms with van der Waals surface area (Å²) in [6.07, 6.45) is 2.86. The van der Waals surface area contributed by atoms with Crippen molar-refractivity contribution in [3.05, 3.63) is 46.3 Å². The predicted octanol–water partition coefficient (Wildman–Crippen LogP) is 2.40. The van der Waals surface area contributed by atoms with Crippen LogP contribution in [0.2, 0.25) is 0 Å². The topological polar surface area (TPSA) is 90.7 Å². The van der Waals surface area contributed by atoms with Crippen LogP contribution in [0.5, 0.6) is 0 Å². The van der Waals surface area contributed by atoms with E-state index in [0.717, 1.165) is 0 Å². The van der Waals surface area contributed by atoms with Gasteiger partial charge in [-0.3, -0.25) is 4.79 Å². The third kappa shape index (κ3) is 3.10. The van der Waals surface area contributed by atoms with Crippen LogP contribution in [0.4, 0.5) is 11.5 Å². The smallest absolute Gasteiger partial charge is 0.275 e. The van der Waals surface area contributed by atoms with Gasteiger partial charge in [-0.25, -0.2) is 9.97 Å². The van der Waals surface area contributed by atoms with Gasteiger partial charge in [0.25, 0.3) is 5.91 Å². The summed E-state index contributed by atoms with van der Waals surface area (Å²) in [4.78, 5) is 20.0. The minimum atomic E-state index is -0.370. The van der Waals surface area contributed by atoms with Crippen LogP contribution in [-0.4, -0.2) is 22.9 Å². The molecule has 0 radical (unpaired) electrons. The Morgan fingerprint density at radius 2 is 2.15 bits per heavy atom. The second-order valence-electron chi connectivity index (χ2n) is 3.80. The zero-order valence-electron chi connectivity index (χ0n) is 10.5. The summed E-state index contributed by atoms with van der Waals surface area (Å²) < 4.78 is 0.629. The van der Waals surface area contributed by atoms with Gasteiger partial charge >= 0.3 is 0 Å². The molecule has 2 rings (SSSR count). The first kappa shape index (κ1) is 14.0. The number of nitrogens with zero attached hydrogens (tertiary/aromatic N) is 3. The quantitative estimate of drug-likeness (QED) is 0.901. The van der Waals surface area contributed by atoms with E-state index in [1.165, 1.54) is 12.4 Å². The molecule has 0 spiro atoms. The molecule has 0 bridgehead atoms. The molecule has 0 saturated carbocycles. The number of hydrogen-bond acceptors (Lipinski definition) is 5. The molecule has 1 amide bonds. The Bertz CT molecular complexity index is 678. The van der Waals surface area contributed by atoms with E-state index in [1.807, 2.05) is 6.07 Å². The van der Waals surface area contributed by atoms with Crippen molar-refractivity contribution in [2.24, 2.45) is 0 Å². The Hall–Kier alpha value is -2.46. The average Bonchev–Trinajstić information content (AvgIpc) is 2.49. The normalized spacial score (nSPS) is 9.65. The number of hydrogen-bond donors (Lipinski definition) is 2. The Kier molecular flexibility index (Phi) is 4.27. The van der Waals surface area contributed by atoms with Crippen molar-refractivity contribution in [1.29, 1.82) is 5.26 Å². The Morgan fingerprint density at radius 3 is 2.70 bits per heavy atom. The van der Waals surface area contributed by atoms with Crippen LogP contribution in [0.25, 0.3) is 0 Å². The minimum absolute atomic E-state index is 0.209. The van der Waals surface area contributed by atoms with E-state index in [1.54, 1.807) is 25.2 Å². The van der Waals surface area contributed by atoms with Crippen LogP contribution in [0.15, 0.2) is 35.1 Å². The highest BCUT2D eigenvalue weighted by Crippen LogP contribution is 2.23. The maximum atomic E-state index is 12.0. The molecule has 2 N–H and O–H groups in total. The fourth-order valence-corrected chi connectivity index (χ4v) is 1.92. The molecule has 0 aliphatic carbocycles. The summed E-state index contributed by atoms with van der Waals surface area (Å²) in [5.74, 6) is 0.215. The number of nitrogens with one attached hydrogen (secondary N) is 2. The fourth-order valence-electron chi connectivity index (χ4n) is 1.45. The number of amides is 1. The monoisotopic (exact) mass is 331 g/mol. The number of anilines is 2. The van der Waals surface area contributed by atoms with Gasteiger partial charge in [-0.15, -0.1) is 0 Å². The lowest BCUT2D eigenvalue weighted by molar-refractivity contribution is 0.102. The molecular formula is C13H10BrN5O. The molecule has 1 heterocycles. The molecule has 0 unspecified atom stereocenters.